The predicted octanol–water partition coefficient (Wildman–Crippen LogP) is 5.06. The minimum absolute atomic E-state index is 0.00558. The van der Waals surface area contributed by atoms with Gasteiger partial charge in [0.2, 0.25) is 5.95 Å². The fourth-order valence-corrected chi connectivity index (χ4v) is 3.84. The first-order valence-electron chi connectivity index (χ1n) is 10.5. The number of nitrogens with zero attached hydrogens (tertiary/aromatic N) is 4. The Morgan fingerprint density at radius 1 is 1.06 bits per heavy atom. The zero-order chi connectivity index (χ0) is 25.5. The Labute approximate surface area is 195 Å². The predicted molar refractivity (Wildman–Crippen MR) is 112 cm³/mol. The van der Waals surface area contributed by atoms with E-state index in [1.54, 1.807) is 19.3 Å². The molecule has 0 spiro atoms. The smallest absolute Gasteiger partial charge is 0.392 e. The van der Waals surface area contributed by atoms with Crippen molar-refractivity contribution in [1.29, 1.82) is 0 Å². The van der Waals surface area contributed by atoms with Gasteiger partial charge in [-0.3, -0.25) is 4.90 Å². The minimum atomic E-state index is -5.02. The van der Waals surface area contributed by atoms with Gasteiger partial charge in [-0.05, 0) is 42.7 Å². The fourth-order valence-electron chi connectivity index (χ4n) is 3.84. The molecule has 1 aliphatic rings. The van der Waals surface area contributed by atoms with Crippen molar-refractivity contribution >= 4 is 11.6 Å². The number of aromatic nitrogens is 3. The molecule has 1 aliphatic heterocycles. The topological polar surface area (TPSA) is 66.2 Å². The van der Waals surface area contributed by atoms with Gasteiger partial charge in [-0.1, -0.05) is 0 Å². The van der Waals surface area contributed by atoms with Crippen molar-refractivity contribution < 1.29 is 35.8 Å². The maximum atomic E-state index is 14.5. The van der Waals surface area contributed by atoms with E-state index in [2.05, 4.69) is 15.3 Å². The summed E-state index contributed by atoms with van der Waals surface area (Å²) in [6.07, 6.45) is -5.78. The number of nitrogens with one attached hydrogen (secondary N) is 1. The second-order valence-electron chi connectivity index (χ2n) is 8.34. The Bertz CT molecular complexity index is 1190. The summed E-state index contributed by atoms with van der Waals surface area (Å²) in [6, 6.07) is 0.986. The van der Waals surface area contributed by atoms with Crippen LogP contribution < -0.4 is 5.32 Å². The van der Waals surface area contributed by atoms with Crippen LogP contribution in [0.5, 0.6) is 0 Å². The van der Waals surface area contributed by atoms with Gasteiger partial charge >= 0.3 is 12.4 Å². The molecule has 2 N–H and O–H groups in total. The molecule has 1 aromatic carbocycles. The number of benzene rings is 1. The largest absolute Gasteiger partial charge is 0.416 e. The standard InChI is InChI=1S/C22H20F7N5O/c1-12-8-34(10-13(12)9-33-3-2-17(35)11-33)19-18(23)7-30-20(32-19)31-16-5-14(21(24,25)26)4-15(6-16)22(27,28)29/h4-8,10,17,35H,2-3,9,11H2,1H3,(H,30,31,32). The van der Waals surface area contributed by atoms with E-state index < -0.39 is 41.1 Å². The lowest BCUT2D eigenvalue weighted by Gasteiger charge is -2.15. The van der Waals surface area contributed by atoms with Crippen LogP contribution in [0.4, 0.5) is 42.4 Å². The number of aryl methyl sites for hydroxylation is 1. The summed E-state index contributed by atoms with van der Waals surface area (Å²) in [6.45, 7) is 3.53. The Hall–Kier alpha value is -3.19. The average Bonchev–Trinajstić information content (AvgIpc) is 3.33. The molecule has 0 amide bonds. The van der Waals surface area contributed by atoms with E-state index in [9.17, 15) is 35.8 Å². The Morgan fingerprint density at radius 3 is 2.29 bits per heavy atom. The quantitative estimate of drug-likeness (QED) is 0.477. The third kappa shape index (κ3) is 5.73. The first-order chi connectivity index (χ1) is 16.3. The van der Waals surface area contributed by atoms with Crippen LogP contribution in [0.2, 0.25) is 0 Å². The molecule has 1 atom stereocenters. The highest BCUT2D eigenvalue weighted by atomic mass is 19.4. The average molecular weight is 503 g/mol. The lowest BCUT2D eigenvalue weighted by molar-refractivity contribution is -0.143. The van der Waals surface area contributed by atoms with Crippen LogP contribution in [0.15, 0.2) is 36.8 Å². The van der Waals surface area contributed by atoms with E-state index in [1.807, 2.05) is 4.90 Å². The molecule has 35 heavy (non-hydrogen) atoms. The van der Waals surface area contributed by atoms with Crippen LogP contribution in [0.1, 0.15) is 28.7 Å². The van der Waals surface area contributed by atoms with Gasteiger partial charge in [0.1, 0.15) is 0 Å². The van der Waals surface area contributed by atoms with Crippen LogP contribution in [0.3, 0.4) is 0 Å². The van der Waals surface area contributed by atoms with Crippen LogP contribution in [-0.2, 0) is 18.9 Å². The van der Waals surface area contributed by atoms with Crippen LogP contribution in [0.25, 0.3) is 5.82 Å². The van der Waals surface area contributed by atoms with Gasteiger partial charge in [-0.2, -0.15) is 31.3 Å². The molecule has 1 saturated heterocycles. The SMILES string of the molecule is Cc1cn(-c2nc(Nc3cc(C(F)(F)F)cc(C(F)(F)F)c3)ncc2F)cc1CN1CCC(O)C1. The Morgan fingerprint density at radius 2 is 1.71 bits per heavy atom. The Balaban J connectivity index is 1.63. The molecule has 6 nitrogen and oxygen atoms in total. The number of β-amino-alcohol motifs (C(OH)–C–C–N with tert-alkyl or cyclic N) is 1. The lowest BCUT2D eigenvalue weighted by atomic mass is 10.1. The summed E-state index contributed by atoms with van der Waals surface area (Å²) in [5.74, 6) is -1.46. The van der Waals surface area contributed by atoms with Gasteiger partial charge in [0, 0.05) is 37.7 Å². The number of likely N-dealkylation sites (tertiary alicyclic amines) is 1. The molecular formula is C22H20F7N5O. The number of alkyl halides is 6. The highest BCUT2D eigenvalue weighted by Crippen LogP contribution is 2.38. The molecule has 0 saturated carbocycles. The van der Waals surface area contributed by atoms with E-state index in [1.165, 1.54) is 4.57 Å². The summed E-state index contributed by atoms with van der Waals surface area (Å²) in [5, 5.41) is 12.0. The Kier molecular flexibility index (Phi) is 6.49. The van der Waals surface area contributed by atoms with Crippen molar-refractivity contribution in [2.24, 2.45) is 0 Å². The first kappa shape index (κ1) is 24.9. The van der Waals surface area contributed by atoms with Crippen molar-refractivity contribution in [2.75, 3.05) is 18.4 Å². The second-order valence-corrected chi connectivity index (χ2v) is 8.34. The maximum Gasteiger partial charge on any atom is 0.416 e. The van der Waals surface area contributed by atoms with Crippen molar-refractivity contribution in [3.63, 3.8) is 0 Å². The van der Waals surface area contributed by atoms with Crippen molar-refractivity contribution in [1.82, 2.24) is 19.4 Å². The van der Waals surface area contributed by atoms with E-state index in [4.69, 9.17) is 0 Å². The summed E-state index contributed by atoms with van der Waals surface area (Å²) in [7, 11) is 0. The number of aliphatic hydroxyl groups is 1. The molecule has 0 bridgehead atoms. The van der Waals surface area contributed by atoms with E-state index >= 15 is 0 Å². The fraction of sp³-hybridized carbons (Fsp3) is 0.364. The third-order valence-electron chi connectivity index (χ3n) is 5.59. The first-order valence-corrected chi connectivity index (χ1v) is 10.5. The molecule has 188 valence electrons. The molecule has 3 aromatic rings. The van der Waals surface area contributed by atoms with Crippen LogP contribution in [0, 0.1) is 12.7 Å². The van der Waals surface area contributed by atoms with Gasteiger partial charge in [0.15, 0.2) is 11.6 Å². The summed E-state index contributed by atoms with van der Waals surface area (Å²) in [4.78, 5) is 9.66. The summed E-state index contributed by atoms with van der Waals surface area (Å²) in [5.41, 5.74) is -1.91. The molecule has 1 fully saturated rings. The number of rotatable bonds is 5. The van der Waals surface area contributed by atoms with E-state index in [0.29, 0.717) is 38.2 Å². The summed E-state index contributed by atoms with van der Waals surface area (Å²) < 4.78 is 94.6. The molecule has 0 radical (unpaired) electrons. The normalized spacial score (nSPS) is 17.2. The number of aliphatic hydroxyl groups excluding tert-OH is 1. The van der Waals surface area contributed by atoms with E-state index in [-0.39, 0.29) is 17.8 Å². The van der Waals surface area contributed by atoms with Crippen molar-refractivity contribution in [3.8, 4) is 5.82 Å². The number of anilines is 2. The highest BCUT2D eigenvalue weighted by Gasteiger charge is 2.37. The van der Waals surface area contributed by atoms with Crippen LogP contribution >= 0.6 is 0 Å². The number of halogens is 7. The lowest BCUT2D eigenvalue weighted by Crippen LogP contribution is -2.21. The van der Waals surface area contributed by atoms with Crippen LogP contribution in [-0.4, -0.2) is 43.7 Å². The third-order valence-corrected chi connectivity index (χ3v) is 5.59. The van der Waals surface area contributed by atoms with Crippen molar-refractivity contribution in [2.45, 2.75) is 38.3 Å². The minimum Gasteiger partial charge on any atom is -0.392 e. The monoisotopic (exact) mass is 503 g/mol. The van der Waals surface area contributed by atoms with Gasteiger partial charge in [-0.25, -0.2) is 9.37 Å². The second kappa shape index (κ2) is 9.11. The molecule has 13 heteroatoms. The number of hydrogen-bond acceptors (Lipinski definition) is 5. The molecule has 3 heterocycles. The van der Waals surface area contributed by atoms with Gasteiger partial charge in [0.25, 0.3) is 0 Å². The molecular weight excluding hydrogens is 483 g/mol. The zero-order valence-electron chi connectivity index (χ0n) is 18.3. The van der Waals surface area contributed by atoms with Crippen molar-refractivity contribution in [3.05, 3.63) is 64.9 Å². The molecule has 4 rings (SSSR count). The number of hydrogen-bond donors (Lipinski definition) is 2. The van der Waals surface area contributed by atoms with Gasteiger partial charge in [-0.15, -0.1) is 0 Å². The maximum absolute atomic E-state index is 14.5. The molecule has 2 aromatic heterocycles. The van der Waals surface area contributed by atoms with Gasteiger partial charge < -0.3 is 15.0 Å². The van der Waals surface area contributed by atoms with Gasteiger partial charge in [0.05, 0.1) is 23.4 Å². The summed E-state index contributed by atoms with van der Waals surface area (Å²) >= 11 is 0. The molecule has 0 aliphatic carbocycles. The van der Waals surface area contributed by atoms with E-state index in [0.717, 1.165) is 17.3 Å². The molecule has 1 unspecified atom stereocenters. The zero-order valence-corrected chi connectivity index (χ0v) is 18.3. The highest BCUT2D eigenvalue weighted by molar-refractivity contribution is 5.57.